The maximum atomic E-state index is 12.2. The van der Waals surface area contributed by atoms with Crippen molar-refractivity contribution in [1.29, 1.82) is 0 Å². The van der Waals surface area contributed by atoms with Gasteiger partial charge in [-0.25, -0.2) is 13.1 Å². The van der Waals surface area contributed by atoms with Gasteiger partial charge < -0.3 is 16.6 Å². The van der Waals surface area contributed by atoms with Crippen molar-refractivity contribution in [2.45, 2.75) is 24.8 Å². The number of hydrogen-bond acceptors (Lipinski definition) is 5. The minimum atomic E-state index is -3.88. The SMILES string of the molecule is CC(C)[C@@H](CO)NS(=O)(=O)c1ccc(C(N)=O)cc1N. The minimum absolute atomic E-state index is 0.0748. The van der Waals surface area contributed by atoms with E-state index >= 15 is 0 Å². The molecule has 0 aliphatic heterocycles. The number of carbonyl (C=O) groups is 1. The molecule has 1 aromatic carbocycles. The van der Waals surface area contributed by atoms with Crippen molar-refractivity contribution in [2.75, 3.05) is 12.3 Å². The first-order valence-electron chi connectivity index (χ1n) is 6.01. The Morgan fingerprint density at radius 2 is 2.00 bits per heavy atom. The van der Waals surface area contributed by atoms with Crippen LogP contribution in [0.3, 0.4) is 0 Å². The maximum Gasteiger partial charge on any atom is 0.248 e. The van der Waals surface area contributed by atoms with E-state index in [1.807, 2.05) is 0 Å². The van der Waals surface area contributed by atoms with Crippen LogP contribution in [0.5, 0.6) is 0 Å². The molecule has 1 atom stereocenters. The topological polar surface area (TPSA) is 136 Å². The number of nitrogens with one attached hydrogen (secondary N) is 1. The van der Waals surface area contributed by atoms with Gasteiger partial charge in [-0.05, 0) is 24.1 Å². The second-order valence-corrected chi connectivity index (χ2v) is 6.45. The van der Waals surface area contributed by atoms with Gasteiger partial charge in [0.15, 0.2) is 0 Å². The third-order valence-corrected chi connectivity index (χ3v) is 4.46. The standard InChI is InChI=1S/C12H19N3O4S/c1-7(2)10(6-16)15-20(18,19)11-4-3-8(12(14)17)5-9(11)13/h3-5,7,10,15-16H,6,13H2,1-2H3,(H2,14,17)/t10-/m1/s1. The molecule has 0 radical (unpaired) electrons. The highest BCUT2D eigenvalue weighted by Gasteiger charge is 2.24. The summed E-state index contributed by atoms with van der Waals surface area (Å²) in [6, 6.07) is 3.10. The first-order valence-corrected chi connectivity index (χ1v) is 7.50. The summed E-state index contributed by atoms with van der Waals surface area (Å²) < 4.78 is 26.8. The smallest absolute Gasteiger partial charge is 0.248 e. The van der Waals surface area contributed by atoms with E-state index in [1.54, 1.807) is 13.8 Å². The lowest BCUT2D eigenvalue weighted by Gasteiger charge is -2.20. The fraction of sp³-hybridized carbons (Fsp3) is 0.417. The van der Waals surface area contributed by atoms with Gasteiger partial charge in [-0.3, -0.25) is 4.79 Å². The maximum absolute atomic E-state index is 12.2. The molecule has 6 N–H and O–H groups in total. The molecule has 112 valence electrons. The first-order chi connectivity index (χ1) is 9.19. The molecule has 1 amide bonds. The molecule has 0 aliphatic carbocycles. The van der Waals surface area contributed by atoms with Crippen molar-refractivity contribution in [3.63, 3.8) is 0 Å². The van der Waals surface area contributed by atoms with Crippen LogP contribution in [0.15, 0.2) is 23.1 Å². The third-order valence-electron chi connectivity index (χ3n) is 2.89. The number of benzene rings is 1. The zero-order valence-electron chi connectivity index (χ0n) is 11.3. The van der Waals surface area contributed by atoms with Crippen molar-refractivity contribution >= 4 is 21.6 Å². The fourth-order valence-electron chi connectivity index (χ4n) is 1.59. The van der Waals surface area contributed by atoms with E-state index in [-0.39, 0.29) is 28.7 Å². The summed E-state index contributed by atoms with van der Waals surface area (Å²) in [4.78, 5) is 10.8. The zero-order chi connectivity index (χ0) is 15.5. The number of nitrogen functional groups attached to an aromatic ring is 1. The third kappa shape index (κ3) is 3.69. The lowest BCUT2D eigenvalue weighted by atomic mass is 10.1. The Bertz CT molecular complexity index is 599. The van der Waals surface area contributed by atoms with Crippen LogP contribution >= 0.6 is 0 Å². The molecule has 0 bridgehead atoms. The molecule has 0 saturated carbocycles. The van der Waals surface area contributed by atoms with Crippen molar-refractivity contribution in [3.05, 3.63) is 23.8 Å². The van der Waals surface area contributed by atoms with Gasteiger partial charge in [-0.1, -0.05) is 13.8 Å². The number of sulfonamides is 1. The molecule has 8 heteroatoms. The number of primary amides is 1. The summed E-state index contributed by atoms with van der Waals surface area (Å²) in [6.45, 7) is 3.24. The molecule has 20 heavy (non-hydrogen) atoms. The van der Waals surface area contributed by atoms with E-state index < -0.39 is 22.0 Å². The van der Waals surface area contributed by atoms with E-state index in [4.69, 9.17) is 11.5 Å². The van der Waals surface area contributed by atoms with Crippen LogP contribution < -0.4 is 16.2 Å². The molecule has 0 heterocycles. The molecule has 1 aromatic rings. The van der Waals surface area contributed by atoms with Crippen LogP contribution in [0.2, 0.25) is 0 Å². The quantitative estimate of drug-likeness (QED) is 0.533. The Morgan fingerprint density at radius 3 is 2.40 bits per heavy atom. The van der Waals surface area contributed by atoms with E-state index in [9.17, 15) is 18.3 Å². The summed E-state index contributed by atoms with van der Waals surface area (Å²) in [5.74, 6) is -0.773. The van der Waals surface area contributed by atoms with E-state index in [0.29, 0.717) is 0 Å². The van der Waals surface area contributed by atoms with Gasteiger partial charge in [-0.2, -0.15) is 0 Å². The normalized spacial score (nSPS) is 13.4. The number of rotatable bonds is 6. The van der Waals surface area contributed by atoms with Gasteiger partial charge in [0.1, 0.15) is 4.90 Å². The average molecular weight is 301 g/mol. The Morgan fingerprint density at radius 1 is 1.40 bits per heavy atom. The number of anilines is 1. The fourth-order valence-corrected chi connectivity index (χ4v) is 3.08. The van der Waals surface area contributed by atoms with Gasteiger partial charge >= 0.3 is 0 Å². The monoisotopic (exact) mass is 301 g/mol. The molecule has 0 aliphatic rings. The van der Waals surface area contributed by atoms with E-state index in [1.165, 1.54) is 18.2 Å². The van der Waals surface area contributed by atoms with E-state index in [0.717, 1.165) is 0 Å². The molecule has 0 saturated heterocycles. The second kappa shape index (κ2) is 6.21. The van der Waals surface area contributed by atoms with Gasteiger partial charge in [0.25, 0.3) is 0 Å². The molecule has 0 unspecified atom stereocenters. The number of carbonyl (C=O) groups excluding carboxylic acids is 1. The van der Waals surface area contributed by atoms with Crippen LogP contribution in [-0.2, 0) is 10.0 Å². The van der Waals surface area contributed by atoms with Gasteiger partial charge in [0.05, 0.1) is 12.3 Å². The summed E-state index contributed by atoms with van der Waals surface area (Å²) in [7, 11) is -3.88. The number of hydrogen-bond donors (Lipinski definition) is 4. The average Bonchev–Trinajstić information content (AvgIpc) is 2.35. The molecule has 1 rings (SSSR count). The molecule has 0 fully saturated rings. The Labute approximate surface area is 118 Å². The Kier molecular flexibility index (Phi) is 5.09. The van der Waals surface area contributed by atoms with Gasteiger partial charge in [0, 0.05) is 11.6 Å². The highest BCUT2D eigenvalue weighted by atomic mass is 32.2. The van der Waals surface area contributed by atoms with E-state index in [2.05, 4.69) is 4.72 Å². The largest absolute Gasteiger partial charge is 0.398 e. The highest BCUT2D eigenvalue weighted by molar-refractivity contribution is 7.89. The second-order valence-electron chi connectivity index (χ2n) is 4.77. The molecule has 0 aromatic heterocycles. The van der Waals surface area contributed by atoms with Crippen molar-refractivity contribution in [2.24, 2.45) is 11.7 Å². The highest BCUT2D eigenvalue weighted by Crippen LogP contribution is 2.20. The molecular weight excluding hydrogens is 282 g/mol. The lowest BCUT2D eigenvalue weighted by Crippen LogP contribution is -2.41. The Hall–Kier alpha value is -1.64. The summed E-state index contributed by atoms with van der Waals surface area (Å²) >= 11 is 0. The first kappa shape index (κ1) is 16.4. The number of aliphatic hydroxyl groups is 1. The van der Waals surface area contributed by atoms with Crippen LogP contribution in [-0.4, -0.2) is 32.1 Å². The number of amides is 1. The Balaban J connectivity index is 3.13. The summed E-state index contributed by atoms with van der Waals surface area (Å²) in [6.07, 6.45) is 0. The molecule has 0 spiro atoms. The van der Waals surface area contributed by atoms with Crippen LogP contribution in [0.25, 0.3) is 0 Å². The predicted molar refractivity (Wildman–Crippen MR) is 75.4 cm³/mol. The van der Waals surface area contributed by atoms with Crippen molar-refractivity contribution in [3.8, 4) is 0 Å². The summed E-state index contributed by atoms with van der Waals surface area (Å²) in [5, 5.41) is 9.17. The predicted octanol–water partition coefficient (Wildman–Crippen LogP) is -0.337. The zero-order valence-corrected chi connectivity index (χ0v) is 12.1. The van der Waals surface area contributed by atoms with Crippen LogP contribution in [0, 0.1) is 5.92 Å². The summed E-state index contributed by atoms with van der Waals surface area (Å²) in [5.41, 5.74) is 10.8. The van der Waals surface area contributed by atoms with Gasteiger partial charge in [-0.15, -0.1) is 0 Å². The van der Waals surface area contributed by atoms with Crippen molar-refractivity contribution in [1.82, 2.24) is 4.72 Å². The van der Waals surface area contributed by atoms with Gasteiger partial charge in [0.2, 0.25) is 15.9 Å². The molecule has 7 nitrogen and oxygen atoms in total. The van der Waals surface area contributed by atoms with Crippen LogP contribution in [0.1, 0.15) is 24.2 Å². The molecular formula is C12H19N3O4S. The van der Waals surface area contributed by atoms with Crippen molar-refractivity contribution < 1.29 is 18.3 Å². The number of nitrogens with two attached hydrogens (primary N) is 2. The number of aliphatic hydroxyl groups excluding tert-OH is 1. The minimum Gasteiger partial charge on any atom is -0.398 e. The van der Waals surface area contributed by atoms with Crippen LogP contribution in [0.4, 0.5) is 5.69 Å². The lowest BCUT2D eigenvalue weighted by molar-refractivity contribution is 0.1000.